The third-order valence-electron chi connectivity index (χ3n) is 5.81. The molecule has 0 amide bonds. The lowest BCUT2D eigenvalue weighted by Crippen LogP contribution is -2.51. The number of guanidine groups is 1. The van der Waals surface area contributed by atoms with Gasteiger partial charge in [0, 0.05) is 51.5 Å². The Bertz CT molecular complexity index is 636. The molecule has 168 valence electrons. The maximum atomic E-state index is 5.54. The maximum Gasteiger partial charge on any atom is 0.191 e. The van der Waals surface area contributed by atoms with E-state index in [0.29, 0.717) is 18.5 Å². The van der Waals surface area contributed by atoms with Crippen molar-refractivity contribution < 1.29 is 4.74 Å². The van der Waals surface area contributed by atoms with E-state index in [9.17, 15) is 0 Å². The Morgan fingerprint density at radius 2 is 1.90 bits per heavy atom. The molecule has 30 heavy (non-hydrogen) atoms. The maximum absolute atomic E-state index is 5.54. The van der Waals surface area contributed by atoms with E-state index in [1.54, 1.807) is 0 Å². The minimum Gasteiger partial charge on any atom is -0.379 e. The highest BCUT2D eigenvalue weighted by Crippen LogP contribution is 2.18. The number of hydrogen-bond acceptors (Lipinski definition) is 5. The van der Waals surface area contributed by atoms with Gasteiger partial charge >= 0.3 is 0 Å². The van der Waals surface area contributed by atoms with E-state index in [1.807, 2.05) is 6.20 Å². The molecule has 0 bridgehead atoms. The summed E-state index contributed by atoms with van der Waals surface area (Å²) in [6.07, 6.45) is 5.69. The Hall–Kier alpha value is -1.86. The van der Waals surface area contributed by atoms with Crippen LogP contribution in [-0.2, 0) is 11.3 Å². The van der Waals surface area contributed by atoms with E-state index in [2.05, 4.69) is 58.3 Å². The number of morpholine rings is 1. The number of hydrogen-bond donors (Lipinski definition) is 2. The average Bonchev–Trinajstić information content (AvgIpc) is 3.30. The number of pyridine rings is 1. The fraction of sp³-hybridized carbons (Fsp3) is 0.739. The fourth-order valence-corrected chi connectivity index (χ4v) is 4.22. The molecule has 1 unspecified atom stereocenters. The van der Waals surface area contributed by atoms with Crippen LogP contribution >= 0.6 is 0 Å². The SMILES string of the molecule is CCNC(=NCc1ccc(N2CCCC2)nc1)NCC(CC(C)C)N1CCOCC1. The van der Waals surface area contributed by atoms with Gasteiger partial charge < -0.3 is 20.3 Å². The molecule has 0 aliphatic carbocycles. The summed E-state index contributed by atoms with van der Waals surface area (Å²) in [5.74, 6) is 2.63. The number of anilines is 1. The average molecular weight is 417 g/mol. The topological polar surface area (TPSA) is 65.0 Å². The lowest BCUT2D eigenvalue weighted by molar-refractivity contribution is 0.0132. The van der Waals surface area contributed by atoms with Gasteiger partial charge in [-0.15, -0.1) is 0 Å². The minimum absolute atomic E-state index is 0.499. The first-order valence-electron chi connectivity index (χ1n) is 11.7. The molecule has 3 rings (SSSR count). The van der Waals surface area contributed by atoms with E-state index >= 15 is 0 Å². The monoisotopic (exact) mass is 416 g/mol. The Morgan fingerprint density at radius 3 is 2.53 bits per heavy atom. The molecule has 1 aromatic rings. The van der Waals surface area contributed by atoms with Gasteiger partial charge in [0.2, 0.25) is 0 Å². The van der Waals surface area contributed by atoms with Crippen LogP contribution in [0.5, 0.6) is 0 Å². The zero-order chi connectivity index (χ0) is 21.2. The molecule has 0 radical (unpaired) electrons. The van der Waals surface area contributed by atoms with Gasteiger partial charge in [-0.1, -0.05) is 19.9 Å². The van der Waals surface area contributed by atoms with Crippen LogP contribution in [0, 0.1) is 5.92 Å². The number of nitrogens with zero attached hydrogens (tertiary/aromatic N) is 4. The largest absolute Gasteiger partial charge is 0.379 e. The molecule has 1 atom stereocenters. The third kappa shape index (κ3) is 7.13. The second kappa shape index (κ2) is 12.1. The molecule has 7 nitrogen and oxygen atoms in total. The lowest BCUT2D eigenvalue weighted by atomic mass is 10.0. The van der Waals surface area contributed by atoms with Gasteiger partial charge in [0.15, 0.2) is 5.96 Å². The summed E-state index contributed by atoms with van der Waals surface area (Å²) in [4.78, 5) is 14.4. The van der Waals surface area contributed by atoms with Crippen LogP contribution in [0.4, 0.5) is 5.82 Å². The van der Waals surface area contributed by atoms with Crippen molar-refractivity contribution in [2.45, 2.75) is 52.6 Å². The first-order chi connectivity index (χ1) is 14.7. The van der Waals surface area contributed by atoms with Gasteiger partial charge in [-0.25, -0.2) is 9.98 Å². The first kappa shape index (κ1) is 22.8. The lowest BCUT2D eigenvalue weighted by Gasteiger charge is -2.35. The molecule has 0 spiro atoms. The number of aromatic nitrogens is 1. The summed E-state index contributed by atoms with van der Waals surface area (Å²) in [6.45, 7) is 15.0. The van der Waals surface area contributed by atoms with Crippen LogP contribution in [0.15, 0.2) is 23.3 Å². The highest BCUT2D eigenvalue weighted by molar-refractivity contribution is 5.79. The second-order valence-electron chi connectivity index (χ2n) is 8.73. The van der Waals surface area contributed by atoms with Crippen LogP contribution in [0.25, 0.3) is 0 Å². The molecule has 1 aromatic heterocycles. The van der Waals surface area contributed by atoms with Crippen molar-refractivity contribution in [1.29, 1.82) is 0 Å². The summed E-state index contributed by atoms with van der Waals surface area (Å²) in [5.41, 5.74) is 1.14. The van der Waals surface area contributed by atoms with Crippen molar-refractivity contribution in [3.05, 3.63) is 23.9 Å². The first-order valence-corrected chi connectivity index (χ1v) is 11.7. The van der Waals surface area contributed by atoms with Crippen molar-refractivity contribution in [3.8, 4) is 0 Å². The Labute approximate surface area is 182 Å². The zero-order valence-electron chi connectivity index (χ0n) is 19.1. The van der Waals surface area contributed by atoms with Gasteiger partial charge in [0.25, 0.3) is 0 Å². The van der Waals surface area contributed by atoms with Crippen molar-refractivity contribution >= 4 is 11.8 Å². The van der Waals surface area contributed by atoms with Gasteiger partial charge in [-0.2, -0.15) is 0 Å². The normalized spacial score (nSPS) is 19.3. The quantitative estimate of drug-likeness (QED) is 0.476. The highest BCUT2D eigenvalue weighted by atomic mass is 16.5. The van der Waals surface area contributed by atoms with E-state index in [-0.39, 0.29) is 0 Å². The van der Waals surface area contributed by atoms with E-state index in [4.69, 9.17) is 9.73 Å². The molecule has 2 fully saturated rings. The fourth-order valence-electron chi connectivity index (χ4n) is 4.22. The van der Waals surface area contributed by atoms with Gasteiger partial charge in [-0.05, 0) is 43.7 Å². The Balaban J connectivity index is 1.55. The van der Waals surface area contributed by atoms with E-state index < -0.39 is 0 Å². The van der Waals surface area contributed by atoms with Gasteiger partial charge in [-0.3, -0.25) is 4.90 Å². The molecule has 2 aliphatic heterocycles. The second-order valence-corrected chi connectivity index (χ2v) is 8.73. The standard InChI is InChI=1S/C23H40N6O/c1-4-24-23(27-18-21(15-19(2)3)28-11-13-30-14-12-28)26-17-20-7-8-22(25-16-20)29-9-5-6-10-29/h7-8,16,19,21H,4-6,9-15,17-18H2,1-3H3,(H2,24,26,27). The van der Waals surface area contributed by atoms with Crippen LogP contribution < -0.4 is 15.5 Å². The summed E-state index contributed by atoms with van der Waals surface area (Å²) in [5, 5.41) is 6.97. The van der Waals surface area contributed by atoms with Crippen molar-refractivity contribution in [2.24, 2.45) is 10.9 Å². The number of ether oxygens (including phenoxy) is 1. The van der Waals surface area contributed by atoms with Gasteiger partial charge in [0.1, 0.15) is 5.82 Å². The molecule has 0 aromatic carbocycles. The molecular formula is C23H40N6O. The van der Waals surface area contributed by atoms with Crippen molar-refractivity contribution in [2.75, 3.05) is 57.4 Å². The highest BCUT2D eigenvalue weighted by Gasteiger charge is 2.22. The predicted octanol–water partition coefficient (Wildman–Crippen LogP) is 2.48. The Kier molecular flexibility index (Phi) is 9.21. The van der Waals surface area contributed by atoms with E-state index in [0.717, 1.165) is 69.8 Å². The molecule has 7 heteroatoms. The smallest absolute Gasteiger partial charge is 0.191 e. The minimum atomic E-state index is 0.499. The summed E-state index contributed by atoms with van der Waals surface area (Å²) >= 11 is 0. The molecule has 2 aliphatic rings. The third-order valence-corrected chi connectivity index (χ3v) is 5.81. The molecule has 2 N–H and O–H groups in total. The van der Waals surface area contributed by atoms with Crippen LogP contribution in [0.3, 0.4) is 0 Å². The number of aliphatic imine (C=N–C) groups is 1. The molecule has 3 heterocycles. The summed E-state index contributed by atoms with van der Waals surface area (Å²) in [6, 6.07) is 4.79. The number of nitrogens with one attached hydrogen (secondary N) is 2. The molecular weight excluding hydrogens is 376 g/mol. The van der Waals surface area contributed by atoms with Crippen LogP contribution in [-0.4, -0.2) is 74.4 Å². The molecule has 0 saturated carbocycles. The van der Waals surface area contributed by atoms with Crippen LogP contribution in [0.2, 0.25) is 0 Å². The predicted molar refractivity (Wildman–Crippen MR) is 124 cm³/mol. The molecule has 2 saturated heterocycles. The Morgan fingerprint density at radius 1 is 1.13 bits per heavy atom. The van der Waals surface area contributed by atoms with E-state index in [1.165, 1.54) is 19.3 Å². The summed E-state index contributed by atoms with van der Waals surface area (Å²) < 4.78 is 5.54. The van der Waals surface area contributed by atoms with Crippen molar-refractivity contribution in [1.82, 2.24) is 20.5 Å². The van der Waals surface area contributed by atoms with Crippen molar-refractivity contribution in [3.63, 3.8) is 0 Å². The van der Waals surface area contributed by atoms with Crippen LogP contribution in [0.1, 0.15) is 45.6 Å². The zero-order valence-corrected chi connectivity index (χ0v) is 19.1. The summed E-state index contributed by atoms with van der Waals surface area (Å²) in [7, 11) is 0. The van der Waals surface area contributed by atoms with Gasteiger partial charge in [0.05, 0.1) is 19.8 Å². The number of rotatable bonds is 9.